The number of hydrogen-bond donors (Lipinski definition) is 1. The summed E-state index contributed by atoms with van der Waals surface area (Å²) in [5, 5.41) is -0.356. The SMILES string of the molecule is Cc1ccc2c(O[C@@H]3C[C@H]4C(=O)C[C@]5(P(=O)(O)Cc6c(F)cccc6F)C[C@H]5/C=C\CCCCC[C@H](CC(=O)OC5CCCC5)C(=O)N4C3)cc(-c3ccccc3)nc2c1Cl. The average molecular weight is 873 g/mol. The summed E-state index contributed by atoms with van der Waals surface area (Å²) in [7, 11) is -4.46. The van der Waals surface area contributed by atoms with Crippen molar-refractivity contribution in [1.29, 1.82) is 0 Å². The van der Waals surface area contributed by atoms with Crippen LogP contribution in [0.5, 0.6) is 5.75 Å². The molecule has 0 spiro atoms. The van der Waals surface area contributed by atoms with Crippen LogP contribution < -0.4 is 4.74 Å². The van der Waals surface area contributed by atoms with Gasteiger partial charge in [-0.05, 0) is 88.0 Å². The first kappa shape index (κ1) is 43.2. The maximum Gasteiger partial charge on any atom is 0.306 e. The van der Waals surface area contributed by atoms with E-state index in [0.29, 0.717) is 46.6 Å². The molecule has 1 amide bonds. The fraction of sp³-hybridized carbons (Fsp3) is 0.458. The van der Waals surface area contributed by atoms with Crippen molar-refractivity contribution >= 4 is 47.5 Å². The summed E-state index contributed by atoms with van der Waals surface area (Å²) < 4.78 is 57.0. The molecular formula is C48H52ClF2N2O7P. The average Bonchev–Trinajstić information content (AvgIpc) is 3.50. The molecule has 4 aliphatic rings. The molecule has 61 heavy (non-hydrogen) atoms. The van der Waals surface area contributed by atoms with Gasteiger partial charge in [-0.1, -0.05) is 79.1 Å². The van der Waals surface area contributed by atoms with Gasteiger partial charge in [0.1, 0.15) is 29.6 Å². The van der Waals surface area contributed by atoms with Gasteiger partial charge in [0.15, 0.2) is 5.78 Å². The fourth-order valence-electron chi connectivity index (χ4n) is 9.64. The zero-order valence-corrected chi connectivity index (χ0v) is 36.0. The zero-order chi connectivity index (χ0) is 42.9. The van der Waals surface area contributed by atoms with Crippen molar-refractivity contribution in [3.05, 3.63) is 107 Å². The number of halogens is 3. The minimum absolute atomic E-state index is 0.0149. The molecule has 13 heteroatoms. The van der Waals surface area contributed by atoms with Crippen molar-refractivity contribution in [3.63, 3.8) is 0 Å². The molecular weight excluding hydrogens is 821 g/mol. The van der Waals surface area contributed by atoms with Gasteiger partial charge in [-0.3, -0.25) is 18.9 Å². The number of hydrogen-bond acceptors (Lipinski definition) is 7. The highest BCUT2D eigenvalue weighted by Crippen LogP contribution is 2.74. The predicted molar refractivity (Wildman–Crippen MR) is 230 cm³/mol. The largest absolute Gasteiger partial charge is 0.488 e. The number of carbonyl (C=O) groups is 3. The van der Waals surface area contributed by atoms with E-state index in [2.05, 4.69) is 0 Å². The van der Waals surface area contributed by atoms with Gasteiger partial charge in [-0.25, -0.2) is 13.8 Å². The number of aryl methyl sites for hydroxylation is 1. The van der Waals surface area contributed by atoms with Crippen molar-refractivity contribution in [2.45, 2.75) is 120 Å². The Hall–Kier alpha value is -4.44. The molecule has 6 atom stereocenters. The van der Waals surface area contributed by atoms with Crippen molar-refractivity contribution in [1.82, 2.24) is 9.88 Å². The molecule has 322 valence electrons. The molecule has 1 unspecified atom stereocenters. The summed E-state index contributed by atoms with van der Waals surface area (Å²) in [6, 6.07) is 17.4. The van der Waals surface area contributed by atoms with E-state index in [9.17, 15) is 32.6 Å². The maximum atomic E-state index is 14.9. The molecule has 2 aliphatic carbocycles. The predicted octanol–water partition coefficient (Wildman–Crippen LogP) is 10.7. The number of esters is 1. The summed E-state index contributed by atoms with van der Waals surface area (Å²) in [5.41, 5.74) is 2.34. The quantitative estimate of drug-likeness (QED) is 0.100. The molecule has 2 saturated carbocycles. The molecule has 4 aromatic rings. The van der Waals surface area contributed by atoms with Gasteiger partial charge in [0.2, 0.25) is 13.3 Å². The lowest BCUT2D eigenvalue weighted by Crippen LogP contribution is -2.45. The van der Waals surface area contributed by atoms with Crippen molar-refractivity contribution < 1.29 is 42.1 Å². The Morgan fingerprint density at radius 3 is 2.46 bits per heavy atom. The normalized spacial score (nSPS) is 26.5. The molecule has 8 rings (SSSR count). The van der Waals surface area contributed by atoms with Crippen LogP contribution in [0, 0.1) is 30.4 Å². The number of Topliss-reactive ketones (excluding diaryl/α,β-unsaturated/α-hetero) is 1. The number of rotatable bonds is 9. The van der Waals surface area contributed by atoms with Crippen LogP contribution >= 0.6 is 19.0 Å². The Bertz CT molecular complexity index is 2370. The Morgan fingerprint density at radius 2 is 1.70 bits per heavy atom. The summed E-state index contributed by atoms with van der Waals surface area (Å²) in [4.78, 5) is 61.4. The lowest BCUT2D eigenvalue weighted by atomic mass is 9.94. The third-order valence-electron chi connectivity index (χ3n) is 13.2. The van der Waals surface area contributed by atoms with E-state index in [1.54, 1.807) is 0 Å². The van der Waals surface area contributed by atoms with Crippen molar-refractivity contribution in [2.24, 2.45) is 11.8 Å². The van der Waals surface area contributed by atoms with E-state index in [0.717, 1.165) is 61.8 Å². The summed E-state index contributed by atoms with van der Waals surface area (Å²) >= 11 is 6.84. The van der Waals surface area contributed by atoms with Crippen molar-refractivity contribution in [2.75, 3.05) is 6.54 Å². The Morgan fingerprint density at radius 1 is 0.967 bits per heavy atom. The molecule has 0 radical (unpaired) electrons. The number of nitrogens with zero attached hydrogens (tertiary/aromatic N) is 2. The summed E-state index contributed by atoms with van der Waals surface area (Å²) in [6.45, 7) is 1.91. The molecule has 1 saturated heterocycles. The second-order valence-electron chi connectivity index (χ2n) is 17.4. The van der Waals surface area contributed by atoms with Crippen molar-refractivity contribution in [3.8, 4) is 17.0 Å². The molecule has 2 aliphatic heterocycles. The molecule has 1 aromatic heterocycles. The summed E-state index contributed by atoms with van der Waals surface area (Å²) in [5.74, 6) is -3.87. The number of amides is 1. The topological polar surface area (TPSA) is 123 Å². The third kappa shape index (κ3) is 9.21. The van der Waals surface area contributed by atoms with E-state index in [-0.39, 0.29) is 44.2 Å². The zero-order valence-electron chi connectivity index (χ0n) is 34.4. The summed E-state index contributed by atoms with van der Waals surface area (Å²) in [6.07, 6.45) is 8.81. The van der Waals surface area contributed by atoms with Gasteiger partial charge in [0.05, 0.1) is 46.6 Å². The molecule has 0 bridgehead atoms. The molecule has 9 nitrogen and oxygen atoms in total. The first-order valence-electron chi connectivity index (χ1n) is 21.6. The van der Waals surface area contributed by atoms with Crippen LogP contribution in [0.1, 0.15) is 94.6 Å². The number of allylic oxidation sites excluding steroid dienone is 2. The van der Waals surface area contributed by atoms with Crippen LogP contribution in [0.15, 0.2) is 78.9 Å². The van der Waals surface area contributed by atoms with Crippen LogP contribution in [-0.4, -0.2) is 62.4 Å². The van der Waals surface area contributed by atoms with Gasteiger partial charge < -0.3 is 19.3 Å². The lowest BCUT2D eigenvalue weighted by molar-refractivity contribution is -0.154. The number of carbonyl (C=O) groups excluding carboxylic acids is 3. The number of benzene rings is 3. The minimum Gasteiger partial charge on any atom is -0.488 e. The second-order valence-corrected chi connectivity index (χ2v) is 20.4. The lowest BCUT2D eigenvalue weighted by Gasteiger charge is -2.30. The number of pyridine rings is 1. The maximum absolute atomic E-state index is 14.9. The smallest absolute Gasteiger partial charge is 0.306 e. The first-order valence-corrected chi connectivity index (χ1v) is 23.8. The van der Waals surface area contributed by atoms with Crippen LogP contribution in [0.4, 0.5) is 8.78 Å². The highest BCUT2D eigenvalue weighted by molar-refractivity contribution is 7.59. The Kier molecular flexibility index (Phi) is 12.8. The Balaban J connectivity index is 1.14. The van der Waals surface area contributed by atoms with E-state index in [4.69, 9.17) is 26.1 Å². The minimum atomic E-state index is -4.46. The van der Waals surface area contributed by atoms with Crippen LogP contribution in [0.25, 0.3) is 22.2 Å². The number of ether oxygens (including phenoxy) is 2. The first-order chi connectivity index (χ1) is 29.3. The molecule has 3 heterocycles. The van der Waals surface area contributed by atoms with E-state index in [1.807, 2.05) is 67.6 Å². The van der Waals surface area contributed by atoms with Gasteiger partial charge in [-0.15, -0.1) is 0 Å². The van der Waals surface area contributed by atoms with Gasteiger partial charge >= 0.3 is 5.97 Å². The van der Waals surface area contributed by atoms with Crippen LogP contribution in [0.3, 0.4) is 0 Å². The monoisotopic (exact) mass is 872 g/mol. The van der Waals surface area contributed by atoms with E-state index < -0.39 is 71.6 Å². The van der Waals surface area contributed by atoms with E-state index >= 15 is 0 Å². The van der Waals surface area contributed by atoms with Gasteiger partial charge in [0, 0.05) is 41.3 Å². The number of fused-ring (bicyclic) bond motifs is 3. The number of ketones is 1. The van der Waals surface area contributed by atoms with E-state index in [1.165, 1.54) is 11.0 Å². The van der Waals surface area contributed by atoms with Gasteiger partial charge in [-0.2, -0.15) is 0 Å². The van der Waals surface area contributed by atoms with Gasteiger partial charge in [0.25, 0.3) is 0 Å². The fourth-order valence-corrected chi connectivity index (χ4v) is 12.4. The highest BCUT2D eigenvalue weighted by atomic mass is 35.5. The molecule has 3 fully saturated rings. The molecule has 3 aromatic carbocycles. The highest BCUT2D eigenvalue weighted by Gasteiger charge is 2.65. The van der Waals surface area contributed by atoms with Crippen LogP contribution in [-0.2, 0) is 29.8 Å². The number of aromatic nitrogens is 1. The standard InChI is InChI=1S/C48H52ClF2N2O7P/c1-30-21-22-36-43(25-40(52-46(36)45(30)49)31-13-7-5-8-14-31)59-35-24-41-42(54)27-48(61(57,58)29-37-38(50)19-12-20-39(37)51)26-33(48)16-9-4-2-3-6-15-32(47(56)53(41)28-35)23-44(55)60-34-17-10-11-18-34/h5,7-9,12-14,16,19-22,25,32-35,41H,2-4,6,10-11,15,17-18,23-24,26-29H2,1H3,(H,57,58)/b16-9-/t32-,33-,35-,41+,48-/m1/s1. The van der Waals surface area contributed by atoms with Crippen LogP contribution in [0.2, 0.25) is 5.02 Å². The molecule has 1 N–H and O–H groups in total. The third-order valence-corrected chi connectivity index (χ3v) is 16.5. The Labute approximate surface area is 360 Å². The second kappa shape index (κ2) is 18.1.